The lowest BCUT2D eigenvalue weighted by atomic mass is 9.81. The van der Waals surface area contributed by atoms with Gasteiger partial charge in [0.25, 0.3) is 0 Å². The molecule has 6 heteroatoms. The van der Waals surface area contributed by atoms with Crippen LogP contribution in [0, 0.1) is 5.41 Å². The molecule has 120 valence electrons. The zero-order chi connectivity index (χ0) is 15.5. The predicted octanol–water partition coefficient (Wildman–Crippen LogP) is 1.06. The van der Waals surface area contributed by atoms with Crippen LogP contribution in [0.1, 0.15) is 39.5 Å². The third-order valence-electron chi connectivity index (χ3n) is 5.07. The van der Waals surface area contributed by atoms with Crippen LogP contribution in [0.25, 0.3) is 0 Å². The van der Waals surface area contributed by atoms with Gasteiger partial charge in [0.15, 0.2) is 0 Å². The third kappa shape index (κ3) is 3.38. The standard InChI is InChI=1S/C15H27N3O2S/c1-3-15(4-2,13(16)21)14(19)17-8-12-9-18-7-5-6-11(18)10-20-12/h11-12H,3-10H2,1-2H3,(H2,16,21)(H,17,19). The predicted molar refractivity (Wildman–Crippen MR) is 87.1 cm³/mol. The van der Waals surface area contributed by atoms with E-state index in [0.29, 0.717) is 25.4 Å². The fraction of sp³-hybridized carbons (Fsp3) is 0.867. The minimum absolute atomic E-state index is 0.0628. The summed E-state index contributed by atoms with van der Waals surface area (Å²) in [5, 5.41) is 3.00. The van der Waals surface area contributed by atoms with E-state index >= 15 is 0 Å². The zero-order valence-electron chi connectivity index (χ0n) is 13.1. The van der Waals surface area contributed by atoms with Crippen LogP contribution < -0.4 is 11.1 Å². The Kier molecular flexibility index (Phi) is 5.57. The summed E-state index contributed by atoms with van der Waals surface area (Å²) in [4.78, 5) is 15.3. The van der Waals surface area contributed by atoms with E-state index < -0.39 is 5.41 Å². The Hall–Kier alpha value is -0.720. The summed E-state index contributed by atoms with van der Waals surface area (Å²) in [5.74, 6) is -0.0628. The van der Waals surface area contributed by atoms with Crippen LogP contribution >= 0.6 is 12.2 Å². The Morgan fingerprint density at radius 2 is 2.19 bits per heavy atom. The lowest BCUT2D eigenvalue weighted by Crippen LogP contribution is -2.53. The van der Waals surface area contributed by atoms with E-state index in [0.717, 1.165) is 19.7 Å². The molecule has 0 spiro atoms. The molecule has 0 saturated carbocycles. The molecule has 0 aromatic rings. The van der Waals surface area contributed by atoms with Gasteiger partial charge in [0.2, 0.25) is 5.91 Å². The van der Waals surface area contributed by atoms with Crippen molar-refractivity contribution in [2.45, 2.75) is 51.7 Å². The third-order valence-corrected chi connectivity index (χ3v) is 5.46. The molecule has 0 aromatic heterocycles. The minimum Gasteiger partial charge on any atom is -0.392 e. The molecule has 2 aliphatic heterocycles. The summed E-state index contributed by atoms with van der Waals surface area (Å²) in [6.45, 7) is 7.28. The fourth-order valence-electron chi connectivity index (χ4n) is 3.42. The van der Waals surface area contributed by atoms with Crippen LogP contribution in [0.4, 0.5) is 0 Å². The first kappa shape index (κ1) is 16.6. The molecule has 2 fully saturated rings. The highest BCUT2D eigenvalue weighted by Crippen LogP contribution is 2.27. The summed E-state index contributed by atoms with van der Waals surface area (Å²) in [6.07, 6.45) is 3.81. The van der Waals surface area contributed by atoms with Crippen LogP contribution in [0.3, 0.4) is 0 Å². The Morgan fingerprint density at radius 1 is 1.48 bits per heavy atom. The van der Waals surface area contributed by atoms with Gasteiger partial charge in [0, 0.05) is 19.1 Å². The van der Waals surface area contributed by atoms with Gasteiger partial charge in [-0.15, -0.1) is 0 Å². The van der Waals surface area contributed by atoms with Crippen molar-refractivity contribution in [1.82, 2.24) is 10.2 Å². The highest BCUT2D eigenvalue weighted by molar-refractivity contribution is 7.80. The summed E-state index contributed by atoms with van der Waals surface area (Å²) in [7, 11) is 0. The van der Waals surface area contributed by atoms with E-state index in [9.17, 15) is 4.79 Å². The van der Waals surface area contributed by atoms with Crippen LogP contribution in [0.2, 0.25) is 0 Å². The van der Waals surface area contributed by atoms with Crippen molar-refractivity contribution in [1.29, 1.82) is 0 Å². The molecule has 5 nitrogen and oxygen atoms in total. The van der Waals surface area contributed by atoms with Gasteiger partial charge >= 0.3 is 0 Å². The molecule has 2 saturated heterocycles. The number of carbonyl (C=O) groups excluding carboxylic acids is 1. The molecular formula is C15H27N3O2S. The Balaban J connectivity index is 1.87. The largest absolute Gasteiger partial charge is 0.392 e. The number of fused-ring (bicyclic) bond motifs is 1. The number of carbonyl (C=O) groups is 1. The van der Waals surface area contributed by atoms with Crippen molar-refractivity contribution in [2.75, 3.05) is 26.2 Å². The highest BCUT2D eigenvalue weighted by atomic mass is 32.1. The van der Waals surface area contributed by atoms with Gasteiger partial charge in [-0.1, -0.05) is 26.1 Å². The second-order valence-electron chi connectivity index (χ2n) is 6.11. The van der Waals surface area contributed by atoms with Crippen LogP contribution in [-0.4, -0.2) is 54.2 Å². The maximum atomic E-state index is 12.5. The second kappa shape index (κ2) is 7.03. The van der Waals surface area contributed by atoms with Crippen molar-refractivity contribution >= 4 is 23.1 Å². The Labute approximate surface area is 132 Å². The Morgan fingerprint density at radius 3 is 2.81 bits per heavy atom. The van der Waals surface area contributed by atoms with E-state index in [-0.39, 0.29) is 17.0 Å². The molecule has 0 radical (unpaired) electrons. The van der Waals surface area contributed by atoms with E-state index in [1.54, 1.807) is 0 Å². The van der Waals surface area contributed by atoms with Gasteiger partial charge in [-0.25, -0.2) is 0 Å². The van der Waals surface area contributed by atoms with Crippen molar-refractivity contribution < 1.29 is 9.53 Å². The average molecular weight is 313 g/mol. The second-order valence-corrected chi connectivity index (χ2v) is 6.55. The SMILES string of the molecule is CCC(CC)(C(=O)NCC1CN2CCCC2CO1)C(N)=S. The number of ether oxygens (including phenoxy) is 1. The van der Waals surface area contributed by atoms with Crippen molar-refractivity contribution in [2.24, 2.45) is 11.1 Å². The van der Waals surface area contributed by atoms with Gasteiger partial charge in [0.1, 0.15) is 0 Å². The normalized spacial score (nSPS) is 26.4. The summed E-state index contributed by atoms with van der Waals surface area (Å²) in [6, 6.07) is 0.582. The molecule has 0 aliphatic carbocycles. The molecule has 1 amide bonds. The molecular weight excluding hydrogens is 286 g/mol. The topological polar surface area (TPSA) is 67.6 Å². The van der Waals surface area contributed by atoms with Gasteiger partial charge in [-0.3, -0.25) is 9.69 Å². The highest BCUT2D eigenvalue weighted by Gasteiger charge is 2.39. The van der Waals surface area contributed by atoms with Gasteiger partial charge in [-0.2, -0.15) is 0 Å². The van der Waals surface area contributed by atoms with Gasteiger partial charge < -0.3 is 15.8 Å². The van der Waals surface area contributed by atoms with E-state index in [2.05, 4.69) is 10.2 Å². The molecule has 2 rings (SSSR count). The lowest BCUT2D eigenvalue weighted by molar-refractivity contribution is -0.129. The number of hydrogen-bond donors (Lipinski definition) is 2. The van der Waals surface area contributed by atoms with Gasteiger partial charge in [0.05, 0.1) is 23.1 Å². The van der Waals surface area contributed by atoms with Crippen LogP contribution in [-0.2, 0) is 9.53 Å². The fourth-order valence-corrected chi connectivity index (χ4v) is 3.80. The van der Waals surface area contributed by atoms with E-state index in [1.807, 2.05) is 13.8 Å². The smallest absolute Gasteiger partial charge is 0.233 e. The minimum atomic E-state index is -0.722. The number of nitrogens with two attached hydrogens (primary N) is 1. The number of thiocarbonyl (C=S) groups is 1. The first-order valence-corrected chi connectivity index (χ1v) is 8.38. The molecule has 3 N–H and O–H groups in total. The molecule has 2 atom stereocenters. The lowest BCUT2D eigenvalue weighted by Gasteiger charge is -2.36. The first-order valence-electron chi connectivity index (χ1n) is 7.97. The average Bonchev–Trinajstić information content (AvgIpc) is 2.94. The molecule has 21 heavy (non-hydrogen) atoms. The molecule has 2 heterocycles. The number of nitrogens with zero attached hydrogens (tertiary/aromatic N) is 1. The summed E-state index contributed by atoms with van der Waals surface area (Å²) < 4.78 is 5.86. The van der Waals surface area contributed by atoms with Crippen LogP contribution in [0.5, 0.6) is 0 Å². The summed E-state index contributed by atoms with van der Waals surface area (Å²) in [5.41, 5.74) is 5.08. The summed E-state index contributed by atoms with van der Waals surface area (Å²) >= 11 is 5.11. The number of morpholine rings is 1. The van der Waals surface area contributed by atoms with Crippen molar-refractivity contribution in [3.8, 4) is 0 Å². The molecule has 0 aromatic carbocycles. The number of hydrogen-bond acceptors (Lipinski definition) is 4. The van der Waals surface area contributed by atoms with Crippen molar-refractivity contribution in [3.63, 3.8) is 0 Å². The van der Waals surface area contributed by atoms with Crippen molar-refractivity contribution in [3.05, 3.63) is 0 Å². The Bertz CT molecular complexity index is 398. The molecule has 2 unspecified atom stereocenters. The van der Waals surface area contributed by atoms with E-state index in [1.165, 1.54) is 12.8 Å². The monoisotopic (exact) mass is 313 g/mol. The molecule has 2 aliphatic rings. The number of rotatable bonds is 6. The quantitative estimate of drug-likeness (QED) is 0.718. The number of nitrogens with one attached hydrogen (secondary N) is 1. The van der Waals surface area contributed by atoms with Crippen LogP contribution in [0.15, 0.2) is 0 Å². The number of amides is 1. The maximum Gasteiger partial charge on any atom is 0.233 e. The van der Waals surface area contributed by atoms with E-state index in [4.69, 9.17) is 22.7 Å². The molecule has 0 bridgehead atoms. The van der Waals surface area contributed by atoms with Gasteiger partial charge in [-0.05, 0) is 32.2 Å². The maximum absolute atomic E-state index is 12.5. The first-order chi connectivity index (χ1) is 10.0. The zero-order valence-corrected chi connectivity index (χ0v) is 13.9.